The minimum atomic E-state index is -0.982. The molecule has 0 fully saturated rings. The van der Waals surface area contributed by atoms with Gasteiger partial charge in [0.2, 0.25) is 0 Å². The lowest BCUT2D eigenvalue weighted by Crippen LogP contribution is -2.31. The van der Waals surface area contributed by atoms with Gasteiger partial charge in [0.1, 0.15) is 5.82 Å². The molecule has 3 N–H and O–H groups in total. The molecule has 1 aromatic heterocycles. The van der Waals surface area contributed by atoms with Crippen molar-refractivity contribution >= 4 is 23.4 Å². The Morgan fingerprint density at radius 3 is 2.65 bits per heavy atom. The Labute approximate surface area is 152 Å². The molecule has 0 spiro atoms. The first kappa shape index (κ1) is 19.5. The van der Waals surface area contributed by atoms with Gasteiger partial charge < -0.3 is 20.5 Å². The number of esters is 1. The van der Waals surface area contributed by atoms with Crippen molar-refractivity contribution in [2.75, 3.05) is 23.8 Å². The van der Waals surface area contributed by atoms with Crippen molar-refractivity contribution in [3.05, 3.63) is 42.1 Å². The van der Waals surface area contributed by atoms with Crippen molar-refractivity contribution in [1.82, 2.24) is 9.78 Å². The second-order valence-electron chi connectivity index (χ2n) is 5.99. The van der Waals surface area contributed by atoms with Crippen LogP contribution in [0.5, 0.6) is 0 Å². The van der Waals surface area contributed by atoms with Gasteiger partial charge in [0, 0.05) is 24.3 Å². The van der Waals surface area contributed by atoms with Crippen LogP contribution in [0.3, 0.4) is 0 Å². The Kier molecular flexibility index (Phi) is 6.74. The third-order valence-corrected chi connectivity index (χ3v) is 3.64. The van der Waals surface area contributed by atoms with Crippen LogP contribution in [0.2, 0.25) is 0 Å². The average Bonchev–Trinajstić information content (AvgIpc) is 3.08. The largest absolute Gasteiger partial charge is 0.449 e. The van der Waals surface area contributed by atoms with E-state index in [1.54, 1.807) is 41.2 Å². The number of anilines is 2. The Balaban J connectivity index is 2.02. The fourth-order valence-corrected chi connectivity index (χ4v) is 2.34. The highest BCUT2D eigenvalue weighted by molar-refractivity contribution is 5.99. The summed E-state index contributed by atoms with van der Waals surface area (Å²) in [5.74, 6) is -0.523. The lowest BCUT2D eigenvalue weighted by Gasteiger charge is -2.17. The molecular weight excluding hydrogens is 336 g/mol. The van der Waals surface area contributed by atoms with E-state index in [1.807, 2.05) is 13.8 Å². The predicted molar refractivity (Wildman–Crippen MR) is 98.1 cm³/mol. The van der Waals surface area contributed by atoms with E-state index in [2.05, 4.69) is 15.7 Å². The number of hydrogen-bond donors (Lipinski definition) is 3. The van der Waals surface area contributed by atoms with Crippen LogP contribution in [0, 0.1) is 0 Å². The summed E-state index contributed by atoms with van der Waals surface area (Å²) in [7, 11) is 0. The van der Waals surface area contributed by atoms with Gasteiger partial charge >= 0.3 is 5.97 Å². The second-order valence-corrected chi connectivity index (χ2v) is 5.99. The molecule has 0 aliphatic heterocycles. The Morgan fingerprint density at radius 1 is 1.23 bits per heavy atom. The first-order valence-corrected chi connectivity index (χ1v) is 8.43. The lowest BCUT2D eigenvalue weighted by atomic mass is 10.1. The van der Waals surface area contributed by atoms with E-state index in [0.29, 0.717) is 23.6 Å². The van der Waals surface area contributed by atoms with E-state index < -0.39 is 18.0 Å². The lowest BCUT2D eigenvalue weighted by molar-refractivity contribution is -0.123. The van der Waals surface area contributed by atoms with Crippen LogP contribution in [-0.4, -0.2) is 46.0 Å². The molecule has 1 atom stereocenters. The van der Waals surface area contributed by atoms with Crippen LogP contribution in [0.4, 0.5) is 11.5 Å². The maximum atomic E-state index is 12.4. The zero-order valence-electron chi connectivity index (χ0n) is 15.1. The summed E-state index contributed by atoms with van der Waals surface area (Å²) in [5.41, 5.74) is 0.838. The standard InChI is InChI=1S/C18H24N4O4/c1-12(2)22-16(8-9-20-22)21-17(24)13(3)26-18(25)14-6-4-5-7-15(14)19-10-11-23/h4-9,12-13,19,23H,10-11H2,1-3H3,(H,21,24)/t13-/m1/s1. The molecule has 1 aromatic carbocycles. The zero-order valence-corrected chi connectivity index (χ0v) is 15.1. The highest BCUT2D eigenvalue weighted by atomic mass is 16.5. The van der Waals surface area contributed by atoms with Gasteiger partial charge in [0.15, 0.2) is 6.10 Å². The van der Waals surface area contributed by atoms with Crippen LogP contribution < -0.4 is 10.6 Å². The molecule has 8 heteroatoms. The summed E-state index contributed by atoms with van der Waals surface area (Å²) in [4.78, 5) is 24.7. The molecule has 0 aliphatic carbocycles. The number of rotatable bonds is 8. The zero-order chi connectivity index (χ0) is 19.1. The number of ether oxygens (including phenoxy) is 1. The summed E-state index contributed by atoms with van der Waals surface area (Å²) >= 11 is 0. The van der Waals surface area contributed by atoms with E-state index in [1.165, 1.54) is 6.92 Å². The van der Waals surface area contributed by atoms with Crippen molar-refractivity contribution in [2.45, 2.75) is 32.9 Å². The first-order chi connectivity index (χ1) is 12.4. The number of nitrogens with one attached hydrogen (secondary N) is 2. The van der Waals surface area contributed by atoms with E-state index in [4.69, 9.17) is 9.84 Å². The number of hydrogen-bond acceptors (Lipinski definition) is 6. The molecule has 0 aliphatic rings. The number of aliphatic hydroxyl groups is 1. The highest BCUT2D eigenvalue weighted by Gasteiger charge is 2.22. The topological polar surface area (TPSA) is 105 Å². The summed E-state index contributed by atoms with van der Waals surface area (Å²) in [6.07, 6.45) is 0.610. The molecule has 1 amide bonds. The summed E-state index contributed by atoms with van der Waals surface area (Å²) in [6, 6.07) is 8.54. The number of aromatic nitrogens is 2. The van der Waals surface area contributed by atoms with Gasteiger partial charge in [-0.3, -0.25) is 4.79 Å². The van der Waals surface area contributed by atoms with Crippen LogP contribution in [-0.2, 0) is 9.53 Å². The number of benzene rings is 1. The monoisotopic (exact) mass is 360 g/mol. The molecule has 140 valence electrons. The molecule has 1 heterocycles. The average molecular weight is 360 g/mol. The minimum Gasteiger partial charge on any atom is -0.449 e. The van der Waals surface area contributed by atoms with Crippen molar-refractivity contribution < 1.29 is 19.4 Å². The van der Waals surface area contributed by atoms with Crippen molar-refractivity contribution in [3.63, 3.8) is 0 Å². The number of para-hydroxylation sites is 1. The summed E-state index contributed by atoms with van der Waals surface area (Å²) in [6.45, 7) is 5.64. The molecule has 0 bridgehead atoms. The maximum Gasteiger partial charge on any atom is 0.341 e. The second kappa shape index (κ2) is 9.00. The molecule has 2 rings (SSSR count). The fourth-order valence-electron chi connectivity index (χ4n) is 2.34. The number of aliphatic hydroxyl groups excluding tert-OH is 1. The number of carbonyl (C=O) groups excluding carboxylic acids is 2. The van der Waals surface area contributed by atoms with Crippen LogP contribution in [0.1, 0.15) is 37.2 Å². The Morgan fingerprint density at radius 2 is 1.96 bits per heavy atom. The van der Waals surface area contributed by atoms with Gasteiger partial charge in [-0.05, 0) is 32.9 Å². The smallest absolute Gasteiger partial charge is 0.341 e. The third-order valence-electron chi connectivity index (χ3n) is 3.64. The number of amides is 1. The van der Waals surface area contributed by atoms with E-state index in [-0.39, 0.29) is 12.6 Å². The minimum absolute atomic E-state index is 0.0638. The van der Waals surface area contributed by atoms with Crippen molar-refractivity contribution in [2.24, 2.45) is 0 Å². The highest BCUT2D eigenvalue weighted by Crippen LogP contribution is 2.18. The van der Waals surface area contributed by atoms with Gasteiger partial charge in [0.05, 0.1) is 18.4 Å². The predicted octanol–water partition coefficient (Wildman–Crippen LogP) is 2.05. The molecule has 0 unspecified atom stereocenters. The first-order valence-electron chi connectivity index (χ1n) is 8.43. The molecule has 26 heavy (non-hydrogen) atoms. The van der Waals surface area contributed by atoms with Crippen molar-refractivity contribution in [3.8, 4) is 0 Å². The molecular formula is C18H24N4O4. The van der Waals surface area contributed by atoms with E-state index in [9.17, 15) is 9.59 Å². The van der Waals surface area contributed by atoms with Gasteiger partial charge in [-0.25, -0.2) is 9.48 Å². The van der Waals surface area contributed by atoms with Crippen LogP contribution in [0.15, 0.2) is 36.5 Å². The van der Waals surface area contributed by atoms with Crippen LogP contribution >= 0.6 is 0 Å². The van der Waals surface area contributed by atoms with Crippen LogP contribution in [0.25, 0.3) is 0 Å². The molecule has 0 saturated heterocycles. The summed E-state index contributed by atoms with van der Waals surface area (Å²) < 4.78 is 6.95. The molecule has 8 nitrogen and oxygen atoms in total. The van der Waals surface area contributed by atoms with Gasteiger partial charge in [-0.1, -0.05) is 12.1 Å². The van der Waals surface area contributed by atoms with E-state index >= 15 is 0 Å². The quantitative estimate of drug-likeness (QED) is 0.622. The Hall–Kier alpha value is -2.87. The SMILES string of the molecule is CC(C)n1nccc1NC(=O)[C@@H](C)OC(=O)c1ccccc1NCCO. The maximum absolute atomic E-state index is 12.4. The number of nitrogens with zero attached hydrogens (tertiary/aromatic N) is 2. The Bertz CT molecular complexity index is 757. The molecule has 2 aromatic rings. The fraction of sp³-hybridized carbons (Fsp3) is 0.389. The van der Waals surface area contributed by atoms with E-state index in [0.717, 1.165) is 0 Å². The van der Waals surface area contributed by atoms with Crippen molar-refractivity contribution in [1.29, 1.82) is 0 Å². The normalized spacial score (nSPS) is 11.9. The van der Waals surface area contributed by atoms with Gasteiger partial charge in [-0.2, -0.15) is 5.10 Å². The van der Waals surface area contributed by atoms with Gasteiger partial charge in [0.25, 0.3) is 5.91 Å². The number of carbonyl (C=O) groups is 2. The molecule has 0 saturated carbocycles. The van der Waals surface area contributed by atoms with Gasteiger partial charge in [-0.15, -0.1) is 0 Å². The third kappa shape index (κ3) is 4.82. The summed E-state index contributed by atoms with van der Waals surface area (Å²) in [5, 5.41) is 18.7. The molecule has 0 radical (unpaired) electrons.